The molecule has 2 atom stereocenters. The van der Waals surface area contributed by atoms with Crippen LogP contribution in [0.5, 0.6) is 0 Å². The first-order chi connectivity index (χ1) is 8.54. The standard InChI is InChI=1S/C12H18N2O4/c1-13-10(15)7-2-4-14(5-3-7)11(16)8-6-9(8)12(17)18/h7-9H,2-6H2,1H3,(H,13,15)(H,17,18)/t8-,9+/m1/s1. The van der Waals surface area contributed by atoms with E-state index in [-0.39, 0.29) is 23.7 Å². The number of nitrogens with zero attached hydrogens (tertiary/aromatic N) is 1. The second-order valence-electron chi connectivity index (χ2n) is 5.00. The normalized spacial score (nSPS) is 27.7. The largest absolute Gasteiger partial charge is 0.481 e. The predicted octanol–water partition coefficient (Wildman–Crippen LogP) is -0.308. The Morgan fingerprint density at radius 1 is 1.17 bits per heavy atom. The lowest BCUT2D eigenvalue weighted by atomic mass is 9.95. The summed E-state index contributed by atoms with van der Waals surface area (Å²) < 4.78 is 0. The van der Waals surface area contributed by atoms with Gasteiger partial charge in [-0.25, -0.2) is 0 Å². The molecule has 100 valence electrons. The predicted molar refractivity (Wildman–Crippen MR) is 62.6 cm³/mol. The molecule has 2 rings (SSSR count). The molecule has 2 fully saturated rings. The Bertz CT molecular complexity index is 374. The van der Waals surface area contributed by atoms with E-state index in [0.29, 0.717) is 32.4 Å². The highest BCUT2D eigenvalue weighted by atomic mass is 16.4. The van der Waals surface area contributed by atoms with Crippen LogP contribution in [0, 0.1) is 17.8 Å². The minimum atomic E-state index is -0.881. The van der Waals surface area contributed by atoms with Crippen molar-refractivity contribution < 1.29 is 19.5 Å². The molecular weight excluding hydrogens is 236 g/mol. The van der Waals surface area contributed by atoms with Crippen molar-refractivity contribution in [2.24, 2.45) is 17.8 Å². The lowest BCUT2D eigenvalue weighted by molar-refractivity contribution is -0.142. The van der Waals surface area contributed by atoms with Crippen LogP contribution in [-0.2, 0) is 14.4 Å². The average Bonchev–Trinajstić information content (AvgIpc) is 3.17. The number of hydrogen-bond acceptors (Lipinski definition) is 3. The highest BCUT2D eigenvalue weighted by molar-refractivity contribution is 5.89. The molecule has 18 heavy (non-hydrogen) atoms. The molecule has 2 N–H and O–H groups in total. The number of carbonyl (C=O) groups is 3. The molecule has 1 heterocycles. The van der Waals surface area contributed by atoms with Crippen LogP contribution in [0.25, 0.3) is 0 Å². The Labute approximate surface area is 105 Å². The zero-order valence-electron chi connectivity index (χ0n) is 10.4. The van der Waals surface area contributed by atoms with Crippen molar-refractivity contribution in [1.82, 2.24) is 10.2 Å². The van der Waals surface area contributed by atoms with E-state index in [1.165, 1.54) is 0 Å². The zero-order valence-corrected chi connectivity index (χ0v) is 10.4. The molecule has 0 spiro atoms. The molecular formula is C12H18N2O4. The van der Waals surface area contributed by atoms with Gasteiger partial charge in [0, 0.05) is 26.1 Å². The van der Waals surface area contributed by atoms with Gasteiger partial charge in [-0.3, -0.25) is 14.4 Å². The molecule has 1 saturated heterocycles. The van der Waals surface area contributed by atoms with E-state index >= 15 is 0 Å². The third-order valence-electron chi connectivity index (χ3n) is 3.85. The molecule has 1 aliphatic heterocycles. The number of carbonyl (C=O) groups excluding carboxylic acids is 2. The van der Waals surface area contributed by atoms with Gasteiger partial charge in [0.1, 0.15) is 0 Å². The maximum Gasteiger partial charge on any atom is 0.307 e. The monoisotopic (exact) mass is 254 g/mol. The van der Waals surface area contributed by atoms with Gasteiger partial charge in [0.2, 0.25) is 11.8 Å². The van der Waals surface area contributed by atoms with Crippen LogP contribution in [0.1, 0.15) is 19.3 Å². The number of hydrogen-bond donors (Lipinski definition) is 2. The van der Waals surface area contributed by atoms with E-state index in [0.717, 1.165) is 0 Å². The van der Waals surface area contributed by atoms with Gasteiger partial charge in [-0.15, -0.1) is 0 Å². The summed E-state index contributed by atoms with van der Waals surface area (Å²) in [6.07, 6.45) is 1.79. The number of piperidine rings is 1. The average molecular weight is 254 g/mol. The van der Waals surface area contributed by atoms with Crippen LogP contribution in [0.4, 0.5) is 0 Å². The van der Waals surface area contributed by atoms with Crippen LogP contribution >= 0.6 is 0 Å². The first kappa shape index (κ1) is 12.9. The van der Waals surface area contributed by atoms with Crippen molar-refractivity contribution >= 4 is 17.8 Å². The van der Waals surface area contributed by atoms with E-state index in [2.05, 4.69) is 5.32 Å². The first-order valence-electron chi connectivity index (χ1n) is 6.27. The van der Waals surface area contributed by atoms with Gasteiger partial charge in [-0.2, -0.15) is 0 Å². The van der Waals surface area contributed by atoms with Crippen LogP contribution < -0.4 is 5.32 Å². The summed E-state index contributed by atoms with van der Waals surface area (Å²) in [7, 11) is 1.61. The molecule has 0 radical (unpaired) electrons. The van der Waals surface area contributed by atoms with Crippen molar-refractivity contribution in [1.29, 1.82) is 0 Å². The maximum absolute atomic E-state index is 12.0. The lowest BCUT2D eigenvalue weighted by Crippen LogP contribution is -2.43. The maximum atomic E-state index is 12.0. The van der Waals surface area contributed by atoms with Crippen molar-refractivity contribution in [2.45, 2.75) is 19.3 Å². The SMILES string of the molecule is CNC(=O)C1CCN(C(=O)[C@@H]2C[C@@H]2C(=O)O)CC1. The summed E-state index contributed by atoms with van der Waals surface area (Å²) in [6, 6.07) is 0. The van der Waals surface area contributed by atoms with E-state index < -0.39 is 11.9 Å². The third kappa shape index (κ3) is 2.47. The zero-order chi connectivity index (χ0) is 13.3. The van der Waals surface area contributed by atoms with Crippen LogP contribution in [0.2, 0.25) is 0 Å². The number of rotatable bonds is 3. The minimum absolute atomic E-state index is 0.0199. The van der Waals surface area contributed by atoms with Gasteiger partial charge in [0.05, 0.1) is 11.8 Å². The van der Waals surface area contributed by atoms with Crippen LogP contribution in [0.15, 0.2) is 0 Å². The molecule has 1 saturated carbocycles. The van der Waals surface area contributed by atoms with Gasteiger partial charge in [0.25, 0.3) is 0 Å². The van der Waals surface area contributed by atoms with Crippen LogP contribution in [-0.4, -0.2) is 47.9 Å². The molecule has 2 aliphatic rings. The molecule has 0 bridgehead atoms. The summed E-state index contributed by atoms with van der Waals surface area (Å²) in [4.78, 5) is 35.8. The fourth-order valence-corrected chi connectivity index (χ4v) is 2.54. The van der Waals surface area contributed by atoms with E-state index in [1.54, 1.807) is 11.9 Å². The Hall–Kier alpha value is -1.59. The minimum Gasteiger partial charge on any atom is -0.481 e. The Morgan fingerprint density at radius 3 is 2.22 bits per heavy atom. The van der Waals surface area contributed by atoms with E-state index in [1.807, 2.05) is 0 Å². The molecule has 0 aromatic carbocycles. The number of aliphatic carboxylic acids is 1. The highest BCUT2D eigenvalue weighted by Gasteiger charge is 2.50. The van der Waals surface area contributed by atoms with Crippen molar-refractivity contribution in [3.05, 3.63) is 0 Å². The van der Waals surface area contributed by atoms with E-state index in [4.69, 9.17) is 5.11 Å². The number of carboxylic acid groups (broad SMARTS) is 1. The molecule has 6 heteroatoms. The third-order valence-corrected chi connectivity index (χ3v) is 3.85. The first-order valence-corrected chi connectivity index (χ1v) is 6.27. The van der Waals surface area contributed by atoms with Gasteiger partial charge in [0.15, 0.2) is 0 Å². The number of amides is 2. The number of likely N-dealkylation sites (tertiary alicyclic amines) is 1. The Morgan fingerprint density at radius 2 is 1.78 bits per heavy atom. The Kier molecular flexibility index (Phi) is 3.54. The highest BCUT2D eigenvalue weighted by Crippen LogP contribution is 2.40. The molecule has 0 aromatic heterocycles. The summed E-state index contributed by atoms with van der Waals surface area (Å²) in [5.74, 6) is -1.76. The molecule has 0 aromatic rings. The topological polar surface area (TPSA) is 86.7 Å². The van der Waals surface area contributed by atoms with Crippen LogP contribution in [0.3, 0.4) is 0 Å². The number of nitrogens with one attached hydrogen (secondary N) is 1. The fourth-order valence-electron chi connectivity index (χ4n) is 2.54. The summed E-state index contributed by atoms with van der Waals surface area (Å²) >= 11 is 0. The lowest BCUT2D eigenvalue weighted by Gasteiger charge is -2.31. The summed E-state index contributed by atoms with van der Waals surface area (Å²) in [5.41, 5.74) is 0. The van der Waals surface area contributed by atoms with Gasteiger partial charge < -0.3 is 15.3 Å². The molecule has 0 unspecified atom stereocenters. The quantitative estimate of drug-likeness (QED) is 0.723. The molecule has 1 aliphatic carbocycles. The molecule has 6 nitrogen and oxygen atoms in total. The summed E-state index contributed by atoms with van der Waals surface area (Å²) in [5, 5.41) is 11.4. The van der Waals surface area contributed by atoms with Crippen molar-refractivity contribution in [3.8, 4) is 0 Å². The van der Waals surface area contributed by atoms with Gasteiger partial charge in [-0.1, -0.05) is 0 Å². The Balaban J connectivity index is 1.82. The molecule has 2 amide bonds. The van der Waals surface area contributed by atoms with E-state index in [9.17, 15) is 14.4 Å². The fraction of sp³-hybridized carbons (Fsp3) is 0.750. The van der Waals surface area contributed by atoms with Gasteiger partial charge in [-0.05, 0) is 19.3 Å². The van der Waals surface area contributed by atoms with Gasteiger partial charge >= 0.3 is 5.97 Å². The van der Waals surface area contributed by atoms with Crippen molar-refractivity contribution in [2.75, 3.05) is 20.1 Å². The smallest absolute Gasteiger partial charge is 0.307 e. The van der Waals surface area contributed by atoms with Crippen molar-refractivity contribution in [3.63, 3.8) is 0 Å². The second kappa shape index (κ2) is 4.96. The number of carboxylic acids is 1. The second-order valence-corrected chi connectivity index (χ2v) is 5.00. The summed E-state index contributed by atoms with van der Waals surface area (Å²) in [6.45, 7) is 1.11.